The number of carbonyl (C=O) groups is 1. The zero-order valence-corrected chi connectivity index (χ0v) is 13.7. The Morgan fingerprint density at radius 1 is 1.38 bits per heavy atom. The lowest BCUT2D eigenvalue weighted by Gasteiger charge is -2.08. The number of nitrogens with zero attached hydrogens (tertiary/aromatic N) is 2. The summed E-state index contributed by atoms with van der Waals surface area (Å²) in [4.78, 5) is 12.1. The second-order valence-electron chi connectivity index (χ2n) is 4.54. The Morgan fingerprint density at radius 3 is 2.71 bits per heavy atom. The Bertz CT molecular complexity index is 652. The Morgan fingerprint density at radius 2 is 2.10 bits per heavy atom. The highest BCUT2D eigenvalue weighted by Crippen LogP contribution is 2.23. The van der Waals surface area contributed by atoms with Crippen LogP contribution in [-0.4, -0.2) is 15.7 Å². The van der Waals surface area contributed by atoms with E-state index in [2.05, 4.69) is 21.0 Å². The van der Waals surface area contributed by atoms with Crippen LogP contribution in [0.3, 0.4) is 0 Å². The van der Waals surface area contributed by atoms with Crippen LogP contribution >= 0.6 is 15.9 Å². The SMILES string of the molecule is CCc1nn(CC)c(COC(=O)c2ccccc2N)c1Br. The molecule has 0 aliphatic carbocycles. The molecule has 0 atom stereocenters. The zero-order valence-electron chi connectivity index (χ0n) is 12.1. The van der Waals surface area contributed by atoms with Gasteiger partial charge in [0, 0.05) is 12.2 Å². The third kappa shape index (κ3) is 3.26. The van der Waals surface area contributed by atoms with Crippen LogP contribution in [0.5, 0.6) is 0 Å². The molecule has 0 bridgehead atoms. The Balaban J connectivity index is 2.15. The monoisotopic (exact) mass is 351 g/mol. The molecule has 0 saturated heterocycles. The fraction of sp³-hybridized carbons (Fsp3) is 0.333. The number of ether oxygens (including phenoxy) is 1. The van der Waals surface area contributed by atoms with Crippen molar-refractivity contribution >= 4 is 27.6 Å². The smallest absolute Gasteiger partial charge is 0.340 e. The number of anilines is 1. The van der Waals surface area contributed by atoms with E-state index in [4.69, 9.17) is 10.5 Å². The largest absolute Gasteiger partial charge is 0.455 e. The van der Waals surface area contributed by atoms with Crippen molar-refractivity contribution in [1.29, 1.82) is 0 Å². The van der Waals surface area contributed by atoms with Crippen LogP contribution < -0.4 is 5.73 Å². The molecule has 1 heterocycles. The molecule has 6 heteroatoms. The molecule has 0 fully saturated rings. The average molecular weight is 352 g/mol. The topological polar surface area (TPSA) is 70.1 Å². The van der Waals surface area contributed by atoms with E-state index in [1.165, 1.54) is 0 Å². The highest BCUT2D eigenvalue weighted by atomic mass is 79.9. The number of hydrogen-bond donors (Lipinski definition) is 1. The van der Waals surface area contributed by atoms with Crippen LogP contribution in [-0.2, 0) is 24.3 Å². The maximum atomic E-state index is 12.1. The Labute approximate surface area is 132 Å². The molecule has 21 heavy (non-hydrogen) atoms. The molecule has 112 valence electrons. The van der Waals surface area contributed by atoms with Gasteiger partial charge in [0.2, 0.25) is 0 Å². The molecule has 0 saturated carbocycles. The highest BCUT2D eigenvalue weighted by molar-refractivity contribution is 9.10. The third-order valence-corrected chi connectivity index (χ3v) is 4.13. The Kier molecular flexibility index (Phi) is 5.01. The van der Waals surface area contributed by atoms with Gasteiger partial charge in [-0.05, 0) is 41.4 Å². The normalized spacial score (nSPS) is 10.6. The molecule has 0 aliphatic rings. The van der Waals surface area contributed by atoms with Crippen molar-refractivity contribution in [3.8, 4) is 0 Å². The molecule has 0 aliphatic heterocycles. The predicted octanol–water partition coefficient (Wildman–Crippen LogP) is 3.17. The maximum absolute atomic E-state index is 12.1. The molecule has 1 aromatic carbocycles. The van der Waals surface area contributed by atoms with Crippen LogP contribution in [0.15, 0.2) is 28.7 Å². The summed E-state index contributed by atoms with van der Waals surface area (Å²) in [6.45, 7) is 4.92. The van der Waals surface area contributed by atoms with Gasteiger partial charge in [0.05, 0.1) is 21.4 Å². The zero-order chi connectivity index (χ0) is 15.4. The number of esters is 1. The van der Waals surface area contributed by atoms with Crippen molar-refractivity contribution in [2.24, 2.45) is 0 Å². The van der Waals surface area contributed by atoms with Gasteiger partial charge in [-0.15, -0.1) is 0 Å². The molecule has 2 aromatic rings. The van der Waals surface area contributed by atoms with E-state index in [1.807, 2.05) is 18.5 Å². The maximum Gasteiger partial charge on any atom is 0.340 e. The highest BCUT2D eigenvalue weighted by Gasteiger charge is 2.17. The number of aromatic nitrogens is 2. The van der Waals surface area contributed by atoms with E-state index in [1.54, 1.807) is 24.3 Å². The van der Waals surface area contributed by atoms with Gasteiger partial charge in [0.1, 0.15) is 6.61 Å². The van der Waals surface area contributed by atoms with Crippen molar-refractivity contribution in [3.05, 3.63) is 45.7 Å². The quantitative estimate of drug-likeness (QED) is 0.663. The number of halogens is 1. The number of nitrogen functional groups attached to an aromatic ring is 1. The molecule has 0 amide bonds. The lowest BCUT2D eigenvalue weighted by Crippen LogP contribution is -2.11. The first-order valence-electron chi connectivity index (χ1n) is 6.84. The number of rotatable bonds is 5. The number of benzene rings is 1. The summed E-state index contributed by atoms with van der Waals surface area (Å²) in [7, 11) is 0. The van der Waals surface area contributed by atoms with E-state index in [0.717, 1.165) is 28.8 Å². The molecule has 0 spiro atoms. The first-order valence-corrected chi connectivity index (χ1v) is 7.63. The minimum atomic E-state index is -0.429. The van der Waals surface area contributed by atoms with Crippen LogP contribution in [0, 0.1) is 0 Å². The second-order valence-corrected chi connectivity index (χ2v) is 5.33. The third-order valence-electron chi connectivity index (χ3n) is 3.21. The van der Waals surface area contributed by atoms with E-state index < -0.39 is 5.97 Å². The Hall–Kier alpha value is -1.82. The van der Waals surface area contributed by atoms with Gasteiger partial charge in [-0.25, -0.2) is 4.79 Å². The number of aryl methyl sites for hydroxylation is 2. The first kappa shape index (κ1) is 15.6. The minimum absolute atomic E-state index is 0.161. The van der Waals surface area contributed by atoms with Gasteiger partial charge in [-0.2, -0.15) is 5.10 Å². The summed E-state index contributed by atoms with van der Waals surface area (Å²) in [5, 5.41) is 4.47. The fourth-order valence-electron chi connectivity index (χ4n) is 2.05. The van der Waals surface area contributed by atoms with Crippen LogP contribution in [0.4, 0.5) is 5.69 Å². The summed E-state index contributed by atoms with van der Waals surface area (Å²) in [5.41, 5.74) is 8.39. The summed E-state index contributed by atoms with van der Waals surface area (Å²) in [6.07, 6.45) is 0.820. The van der Waals surface area contributed by atoms with Gasteiger partial charge in [-0.3, -0.25) is 4.68 Å². The summed E-state index contributed by atoms with van der Waals surface area (Å²) in [5.74, 6) is -0.429. The lowest BCUT2D eigenvalue weighted by molar-refractivity contribution is 0.0463. The number of nitrogens with two attached hydrogens (primary N) is 1. The number of carbonyl (C=O) groups excluding carboxylic acids is 1. The second kappa shape index (κ2) is 6.76. The fourth-order valence-corrected chi connectivity index (χ4v) is 2.73. The van der Waals surface area contributed by atoms with Crippen molar-refractivity contribution < 1.29 is 9.53 Å². The average Bonchev–Trinajstić information content (AvgIpc) is 2.80. The van der Waals surface area contributed by atoms with E-state index >= 15 is 0 Å². The van der Waals surface area contributed by atoms with Crippen molar-refractivity contribution in [3.63, 3.8) is 0 Å². The van der Waals surface area contributed by atoms with E-state index in [0.29, 0.717) is 11.3 Å². The summed E-state index contributed by atoms with van der Waals surface area (Å²) in [6, 6.07) is 6.87. The van der Waals surface area contributed by atoms with Crippen LogP contribution in [0.25, 0.3) is 0 Å². The summed E-state index contributed by atoms with van der Waals surface area (Å²) < 4.78 is 8.11. The first-order chi connectivity index (χ1) is 10.1. The van der Waals surface area contributed by atoms with Gasteiger partial charge in [-0.1, -0.05) is 19.1 Å². The predicted molar refractivity (Wildman–Crippen MR) is 85.0 cm³/mol. The van der Waals surface area contributed by atoms with Gasteiger partial charge < -0.3 is 10.5 Å². The molecule has 0 radical (unpaired) electrons. The molecular formula is C15H18BrN3O2. The van der Waals surface area contributed by atoms with Gasteiger partial charge in [0.25, 0.3) is 0 Å². The van der Waals surface area contributed by atoms with Crippen molar-refractivity contribution in [2.75, 3.05) is 5.73 Å². The van der Waals surface area contributed by atoms with Crippen molar-refractivity contribution in [2.45, 2.75) is 33.4 Å². The van der Waals surface area contributed by atoms with Crippen molar-refractivity contribution in [1.82, 2.24) is 9.78 Å². The molecular weight excluding hydrogens is 334 g/mol. The van der Waals surface area contributed by atoms with E-state index in [9.17, 15) is 4.79 Å². The van der Waals surface area contributed by atoms with Crippen LogP contribution in [0.1, 0.15) is 35.6 Å². The van der Waals surface area contributed by atoms with Crippen LogP contribution in [0.2, 0.25) is 0 Å². The minimum Gasteiger partial charge on any atom is -0.455 e. The molecule has 5 nitrogen and oxygen atoms in total. The molecule has 2 rings (SSSR count). The number of hydrogen-bond acceptors (Lipinski definition) is 4. The lowest BCUT2D eigenvalue weighted by atomic mass is 10.2. The van der Waals surface area contributed by atoms with Gasteiger partial charge >= 0.3 is 5.97 Å². The number of para-hydroxylation sites is 1. The van der Waals surface area contributed by atoms with Gasteiger partial charge in [0.15, 0.2) is 0 Å². The summed E-state index contributed by atoms with van der Waals surface area (Å²) >= 11 is 3.52. The molecule has 1 aromatic heterocycles. The van der Waals surface area contributed by atoms with E-state index in [-0.39, 0.29) is 6.61 Å². The standard InChI is InChI=1S/C15H18BrN3O2/c1-3-12-14(16)13(19(4-2)18-12)9-21-15(20)10-7-5-6-8-11(10)17/h5-8H,3-4,9,17H2,1-2H3. The molecule has 0 unspecified atom stereocenters. The molecule has 2 N–H and O–H groups in total.